The van der Waals surface area contributed by atoms with Crippen molar-refractivity contribution >= 4 is 11.7 Å². The molecule has 0 aliphatic carbocycles. The topological polar surface area (TPSA) is 35.6 Å². The van der Waals surface area contributed by atoms with Gasteiger partial charge in [-0.05, 0) is 17.0 Å². The average molecular weight is 301 g/mol. The maximum absolute atomic E-state index is 12.0. The van der Waals surface area contributed by atoms with E-state index in [1.807, 2.05) is 4.90 Å². The van der Waals surface area contributed by atoms with Crippen LogP contribution >= 0.6 is 0 Å². The van der Waals surface area contributed by atoms with Crippen LogP contribution in [-0.2, 0) is 5.41 Å². The number of carbonyl (C=O) groups excluding carboxylic acids is 1. The van der Waals surface area contributed by atoms with Gasteiger partial charge >= 0.3 is 6.03 Å². The summed E-state index contributed by atoms with van der Waals surface area (Å²) in [6.45, 7) is 14.1. The highest BCUT2D eigenvalue weighted by Gasteiger charge is 2.25. The molecule has 1 aliphatic heterocycles. The molecule has 120 valence electrons. The summed E-state index contributed by atoms with van der Waals surface area (Å²) < 4.78 is 0. The van der Waals surface area contributed by atoms with Crippen molar-refractivity contribution in [1.29, 1.82) is 0 Å². The fourth-order valence-corrected chi connectivity index (χ4v) is 2.81. The summed E-state index contributed by atoms with van der Waals surface area (Å²) in [6, 6.07) is 8.59. The summed E-state index contributed by atoms with van der Waals surface area (Å²) in [5.74, 6) is 0. The Bertz CT molecular complexity index is 525. The lowest BCUT2D eigenvalue weighted by atomic mass is 9.85. The number of benzene rings is 1. The van der Waals surface area contributed by atoms with Crippen molar-refractivity contribution in [3.05, 3.63) is 42.5 Å². The molecule has 0 aromatic heterocycles. The van der Waals surface area contributed by atoms with E-state index in [0.717, 1.165) is 26.2 Å². The Labute approximate surface area is 133 Å². The lowest BCUT2D eigenvalue weighted by molar-refractivity contribution is 0.195. The molecule has 1 fully saturated rings. The van der Waals surface area contributed by atoms with Crippen LogP contribution < -0.4 is 10.2 Å². The Balaban J connectivity index is 2.03. The molecule has 2 rings (SSSR count). The fraction of sp³-hybridized carbons (Fsp3) is 0.500. The summed E-state index contributed by atoms with van der Waals surface area (Å²) in [5, 5.41) is 2.84. The molecule has 1 saturated heterocycles. The van der Waals surface area contributed by atoms with Gasteiger partial charge in [0, 0.05) is 38.4 Å². The van der Waals surface area contributed by atoms with Crippen LogP contribution in [0.15, 0.2) is 36.9 Å². The Kier molecular flexibility index (Phi) is 5.11. The van der Waals surface area contributed by atoms with Crippen LogP contribution in [0.1, 0.15) is 26.3 Å². The zero-order valence-electron chi connectivity index (χ0n) is 13.9. The van der Waals surface area contributed by atoms with Crippen molar-refractivity contribution in [2.24, 2.45) is 0 Å². The Hall–Kier alpha value is -1.97. The number of piperazine rings is 1. The number of para-hydroxylation sites is 1. The van der Waals surface area contributed by atoms with Gasteiger partial charge in [-0.3, -0.25) is 0 Å². The minimum absolute atomic E-state index is 0.00339. The first-order valence-electron chi connectivity index (χ1n) is 7.91. The minimum Gasteiger partial charge on any atom is -0.368 e. The number of amides is 2. The van der Waals surface area contributed by atoms with E-state index in [1.165, 1.54) is 11.3 Å². The summed E-state index contributed by atoms with van der Waals surface area (Å²) in [6.07, 6.45) is 1.70. The monoisotopic (exact) mass is 301 g/mol. The standard InChI is InChI=1S/C18H27N3O/c1-5-10-19-17(22)21-13-11-20(12-14-21)16-9-7-6-8-15(16)18(2,3)4/h5-9H,1,10-14H2,2-4H3,(H,19,22). The normalized spacial score (nSPS) is 15.6. The predicted octanol–water partition coefficient (Wildman–Crippen LogP) is 3.00. The highest BCUT2D eigenvalue weighted by atomic mass is 16.2. The summed E-state index contributed by atoms with van der Waals surface area (Å²) in [4.78, 5) is 16.2. The van der Waals surface area contributed by atoms with Crippen LogP contribution in [-0.4, -0.2) is 43.7 Å². The van der Waals surface area contributed by atoms with Crippen molar-refractivity contribution in [2.75, 3.05) is 37.6 Å². The number of nitrogens with one attached hydrogen (secondary N) is 1. The SMILES string of the molecule is C=CCNC(=O)N1CCN(c2ccccc2C(C)(C)C)CC1. The second-order valence-corrected chi connectivity index (χ2v) is 6.72. The van der Waals surface area contributed by atoms with Gasteiger partial charge < -0.3 is 15.1 Å². The third kappa shape index (κ3) is 3.81. The van der Waals surface area contributed by atoms with Gasteiger partial charge in [0.25, 0.3) is 0 Å². The van der Waals surface area contributed by atoms with E-state index >= 15 is 0 Å². The highest BCUT2D eigenvalue weighted by molar-refractivity contribution is 5.74. The van der Waals surface area contributed by atoms with E-state index in [2.05, 4.69) is 61.8 Å². The molecule has 4 heteroatoms. The molecular weight excluding hydrogens is 274 g/mol. The van der Waals surface area contributed by atoms with Gasteiger partial charge in [0.2, 0.25) is 0 Å². The van der Waals surface area contributed by atoms with Gasteiger partial charge in [0.1, 0.15) is 0 Å². The van der Waals surface area contributed by atoms with E-state index < -0.39 is 0 Å². The molecule has 0 bridgehead atoms. The van der Waals surface area contributed by atoms with Crippen molar-refractivity contribution in [2.45, 2.75) is 26.2 Å². The molecule has 4 nitrogen and oxygen atoms in total. The largest absolute Gasteiger partial charge is 0.368 e. The van der Waals surface area contributed by atoms with Crippen LogP contribution in [0.25, 0.3) is 0 Å². The molecular formula is C18H27N3O. The quantitative estimate of drug-likeness (QED) is 0.871. The second kappa shape index (κ2) is 6.86. The van der Waals surface area contributed by atoms with Crippen LogP contribution in [0, 0.1) is 0 Å². The zero-order chi connectivity index (χ0) is 16.2. The third-order valence-corrected chi connectivity index (χ3v) is 4.02. The Morgan fingerprint density at radius 2 is 1.86 bits per heavy atom. The first-order valence-corrected chi connectivity index (χ1v) is 7.91. The van der Waals surface area contributed by atoms with Crippen LogP contribution in [0.4, 0.5) is 10.5 Å². The molecule has 22 heavy (non-hydrogen) atoms. The van der Waals surface area contributed by atoms with E-state index in [1.54, 1.807) is 6.08 Å². The van der Waals surface area contributed by atoms with Gasteiger partial charge in [0.15, 0.2) is 0 Å². The average Bonchev–Trinajstić information content (AvgIpc) is 2.52. The van der Waals surface area contributed by atoms with Gasteiger partial charge in [-0.2, -0.15) is 0 Å². The molecule has 1 aliphatic rings. The zero-order valence-corrected chi connectivity index (χ0v) is 13.9. The first kappa shape index (κ1) is 16.4. The molecule has 0 atom stereocenters. The van der Waals surface area contributed by atoms with Crippen molar-refractivity contribution in [1.82, 2.24) is 10.2 Å². The van der Waals surface area contributed by atoms with Gasteiger partial charge in [-0.15, -0.1) is 6.58 Å². The Morgan fingerprint density at radius 3 is 2.45 bits per heavy atom. The van der Waals surface area contributed by atoms with E-state index in [4.69, 9.17) is 0 Å². The molecule has 1 aromatic carbocycles. The van der Waals surface area contributed by atoms with E-state index in [0.29, 0.717) is 6.54 Å². The summed E-state index contributed by atoms with van der Waals surface area (Å²) >= 11 is 0. The summed E-state index contributed by atoms with van der Waals surface area (Å²) in [7, 11) is 0. The fourth-order valence-electron chi connectivity index (χ4n) is 2.81. The number of anilines is 1. The number of hydrogen-bond acceptors (Lipinski definition) is 2. The van der Waals surface area contributed by atoms with Crippen molar-refractivity contribution in [3.63, 3.8) is 0 Å². The lowest BCUT2D eigenvalue weighted by Gasteiger charge is -2.38. The minimum atomic E-state index is 0.00339. The Morgan fingerprint density at radius 1 is 1.23 bits per heavy atom. The molecule has 1 aromatic rings. The van der Waals surface area contributed by atoms with Gasteiger partial charge in [-0.1, -0.05) is 45.0 Å². The van der Waals surface area contributed by atoms with E-state index in [9.17, 15) is 4.79 Å². The number of carbonyl (C=O) groups is 1. The smallest absolute Gasteiger partial charge is 0.317 e. The number of hydrogen-bond donors (Lipinski definition) is 1. The first-order chi connectivity index (χ1) is 10.4. The lowest BCUT2D eigenvalue weighted by Crippen LogP contribution is -2.52. The maximum atomic E-state index is 12.0. The molecule has 0 unspecified atom stereocenters. The van der Waals surface area contributed by atoms with Gasteiger partial charge in [0.05, 0.1) is 0 Å². The number of rotatable bonds is 3. The summed E-state index contributed by atoms with van der Waals surface area (Å²) in [5.41, 5.74) is 2.77. The molecule has 0 radical (unpaired) electrons. The van der Waals surface area contributed by atoms with Gasteiger partial charge in [-0.25, -0.2) is 4.79 Å². The van der Waals surface area contributed by atoms with Crippen molar-refractivity contribution < 1.29 is 4.79 Å². The second-order valence-electron chi connectivity index (χ2n) is 6.72. The molecule has 1 heterocycles. The van der Waals surface area contributed by atoms with E-state index in [-0.39, 0.29) is 11.4 Å². The molecule has 0 saturated carbocycles. The number of urea groups is 1. The van der Waals surface area contributed by atoms with Crippen LogP contribution in [0.5, 0.6) is 0 Å². The van der Waals surface area contributed by atoms with Crippen LogP contribution in [0.3, 0.4) is 0 Å². The van der Waals surface area contributed by atoms with Crippen molar-refractivity contribution in [3.8, 4) is 0 Å². The highest BCUT2D eigenvalue weighted by Crippen LogP contribution is 2.32. The maximum Gasteiger partial charge on any atom is 0.317 e. The predicted molar refractivity (Wildman–Crippen MR) is 92.5 cm³/mol. The number of nitrogens with zero attached hydrogens (tertiary/aromatic N) is 2. The molecule has 2 amide bonds. The molecule has 0 spiro atoms. The third-order valence-electron chi connectivity index (χ3n) is 4.02. The van der Waals surface area contributed by atoms with Crippen LogP contribution in [0.2, 0.25) is 0 Å². The molecule has 1 N–H and O–H groups in total.